The highest BCUT2D eigenvalue weighted by Crippen LogP contribution is 1.99. The molecule has 0 aromatic heterocycles. The van der Waals surface area contributed by atoms with Gasteiger partial charge in [0.15, 0.2) is 0 Å². The molecule has 0 saturated heterocycles. The second kappa shape index (κ2) is 7.03. The van der Waals surface area contributed by atoms with Gasteiger partial charge in [-0.15, -0.1) is 0 Å². The van der Waals surface area contributed by atoms with Crippen molar-refractivity contribution in [3.8, 4) is 0 Å². The fourth-order valence-corrected chi connectivity index (χ4v) is 0.701. The molecule has 0 heterocycles. The van der Waals surface area contributed by atoms with Crippen LogP contribution in [0.3, 0.4) is 0 Å². The Morgan fingerprint density at radius 1 is 1.38 bits per heavy atom. The first-order valence-electron chi connectivity index (χ1n) is 3.17. The van der Waals surface area contributed by atoms with Crippen LogP contribution in [0, 0.1) is 0 Å². The van der Waals surface area contributed by atoms with Gasteiger partial charge in [0.1, 0.15) is 0 Å². The van der Waals surface area contributed by atoms with Crippen LogP contribution in [0.4, 0.5) is 0 Å². The molecule has 0 radical (unpaired) electrons. The molecule has 0 amide bonds. The van der Waals surface area contributed by atoms with Crippen molar-refractivity contribution in [3.63, 3.8) is 0 Å². The number of hydrogen-bond donors (Lipinski definition) is 0. The predicted molar refractivity (Wildman–Crippen MR) is 39.1 cm³/mol. The van der Waals surface area contributed by atoms with Gasteiger partial charge in [0, 0.05) is 5.54 Å². The van der Waals surface area contributed by atoms with E-state index in [4.69, 9.17) is 11.6 Å². The van der Waals surface area contributed by atoms with Crippen molar-refractivity contribution in [1.29, 1.82) is 0 Å². The molecule has 0 aromatic rings. The van der Waals surface area contributed by atoms with Crippen LogP contribution >= 0.6 is 11.6 Å². The van der Waals surface area contributed by atoms with Crippen LogP contribution in [0.25, 0.3) is 0 Å². The molecule has 0 rings (SSSR count). The van der Waals surface area contributed by atoms with Crippen molar-refractivity contribution in [3.05, 3.63) is 11.6 Å². The van der Waals surface area contributed by atoms with Gasteiger partial charge in [-0.2, -0.15) is 0 Å². The molecule has 0 aliphatic heterocycles. The highest BCUT2D eigenvalue weighted by atomic mass is 35.5. The normalized spacial score (nSPS) is 10.8. The summed E-state index contributed by atoms with van der Waals surface area (Å²) in [4.78, 5) is 0. The lowest BCUT2D eigenvalue weighted by atomic mass is 10.2. The molecule has 0 unspecified atom stereocenters. The topological polar surface area (TPSA) is 0 Å². The standard InChI is InChI=1S/C7H13Cl/c1-2-3-4-5-6-7-8/h6-7H,2-5H2,1H3. The SMILES string of the molecule is CCCCCC=CCl. The van der Waals surface area contributed by atoms with Crippen LogP contribution in [-0.2, 0) is 0 Å². The third-order valence-corrected chi connectivity index (χ3v) is 1.24. The van der Waals surface area contributed by atoms with E-state index in [-0.39, 0.29) is 0 Å². The molecule has 1 heteroatoms. The average Bonchev–Trinajstić information content (AvgIpc) is 1.81. The van der Waals surface area contributed by atoms with E-state index in [0.717, 1.165) is 6.42 Å². The molecule has 0 nitrogen and oxygen atoms in total. The van der Waals surface area contributed by atoms with Crippen molar-refractivity contribution in [2.75, 3.05) is 0 Å². The molecule has 8 heavy (non-hydrogen) atoms. The average molecular weight is 133 g/mol. The van der Waals surface area contributed by atoms with Crippen LogP contribution in [-0.4, -0.2) is 0 Å². The van der Waals surface area contributed by atoms with Gasteiger partial charge in [0.25, 0.3) is 0 Å². The van der Waals surface area contributed by atoms with E-state index in [2.05, 4.69) is 6.92 Å². The summed E-state index contributed by atoms with van der Waals surface area (Å²) in [5, 5.41) is 0. The maximum absolute atomic E-state index is 5.30. The first-order valence-corrected chi connectivity index (χ1v) is 3.60. The first kappa shape index (κ1) is 8.03. The summed E-state index contributed by atoms with van der Waals surface area (Å²) in [6, 6.07) is 0. The third-order valence-electron chi connectivity index (χ3n) is 1.06. The molecule has 0 aromatic carbocycles. The van der Waals surface area contributed by atoms with E-state index in [1.54, 1.807) is 5.54 Å². The van der Waals surface area contributed by atoms with E-state index in [1.807, 2.05) is 6.08 Å². The lowest BCUT2D eigenvalue weighted by Crippen LogP contribution is -1.68. The maximum Gasteiger partial charge on any atom is 0.000245 e. The minimum absolute atomic E-state index is 1.14. The van der Waals surface area contributed by atoms with Crippen LogP contribution < -0.4 is 0 Å². The smallest absolute Gasteiger partial charge is 0.000245 e. The minimum atomic E-state index is 1.14. The Bertz CT molecular complexity index is 57.4. The van der Waals surface area contributed by atoms with Crippen LogP contribution in [0.5, 0.6) is 0 Å². The van der Waals surface area contributed by atoms with Gasteiger partial charge in [-0.1, -0.05) is 37.4 Å². The first-order chi connectivity index (χ1) is 3.91. The summed E-state index contributed by atoms with van der Waals surface area (Å²) < 4.78 is 0. The number of allylic oxidation sites excluding steroid dienone is 1. The molecule has 0 atom stereocenters. The van der Waals surface area contributed by atoms with Crippen molar-refractivity contribution < 1.29 is 0 Å². The van der Waals surface area contributed by atoms with E-state index in [1.165, 1.54) is 19.3 Å². The third kappa shape index (κ3) is 6.03. The zero-order valence-electron chi connectivity index (χ0n) is 5.36. The molecule has 0 fully saturated rings. The predicted octanol–water partition coefficient (Wildman–Crippen LogP) is 3.32. The molecule has 48 valence electrons. The summed E-state index contributed by atoms with van der Waals surface area (Å²) in [7, 11) is 0. The largest absolute Gasteiger partial charge is 0.0933 e. The fourth-order valence-electron chi connectivity index (χ4n) is 0.575. The van der Waals surface area contributed by atoms with Gasteiger partial charge in [-0.25, -0.2) is 0 Å². The van der Waals surface area contributed by atoms with Crippen molar-refractivity contribution in [2.45, 2.75) is 32.6 Å². The summed E-state index contributed by atoms with van der Waals surface area (Å²) in [5.41, 5.74) is 1.59. The van der Waals surface area contributed by atoms with E-state index in [9.17, 15) is 0 Å². The second-order valence-corrected chi connectivity index (χ2v) is 2.11. The summed E-state index contributed by atoms with van der Waals surface area (Å²) >= 11 is 5.30. The van der Waals surface area contributed by atoms with Crippen LogP contribution in [0.1, 0.15) is 32.6 Å². The Labute approximate surface area is 56.5 Å². The highest BCUT2D eigenvalue weighted by molar-refractivity contribution is 6.25. The van der Waals surface area contributed by atoms with E-state index in [0.29, 0.717) is 0 Å². The summed E-state index contributed by atoms with van der Waals surface area (Å²) in [5.74, 6) is 0. The Morgan fingerprint density at radius 3 is 2.62 bits per heavy atom. The quantitative estimate of drug-likeness (QED) is 0.515. The monoisotopic (exact) mass is 132 g/mol. The Balaban J connectivity index is 2.72. The molecular formula is C7H13Cl. The van der Waals surface area contributed by atoms with Crippen LogP contribution in [0.2, 0.25) is 0 Å². The number of halogens is 1. The lowest BCUT2D eigenvalue weighted by Gasteiger charge is -1.88. The van der Waals surface area contributed by atoms with Gasteiger partial charge >= 0.3 is 0 Å². The molecule has 0 bridgehead atoms. The zero-order chi connectivity index (χ0) is 6.24. The van der Waals surface area contributed by atoms with Crippen LogP contribution in [0.15, 0.2) is 11.6 Å². The highest BCUT2D eigenvalue weighted by Gasteiger charge is 1.78. The van der Waals surface area contributed by atoms with Gasteiger partial charge < -0.3 is 0 Å². The zero-order valence-corrected chi connectivity index (χ0v) is 6.12. The van der Waals surface area contributed by atoms with Gasteiger partial charge in [0.05, 0.1) is 0 Å². The maximum atomic E-state index is 5.30. The van der Waals surface area contributed by atoms with E-state index >= 15 is 0 Å². The lowest BCUT2D eigenvalue weighted by molar-refractivity contribution is 0.729. The molecule has 0 spiro atoms. The van der Waals surface area contributed by atoms with Gasteiger partial charge in [-0.05, 0) is 12.8 Å². The Hall–Kier alpha value is 0.0300. The Morgan fingerprint density at radius 2 is 2.12 bits per heavy atom. The van der Waals surface area contributed by atoms with Crippen molar-refractivity contribution >= 4 is 11.6 Å². The van der Waals surface area contributed by atoms with Crippen molar-refractivity contribution in [2.24, 2.45) is 0 Å². The molecule has 0 saturated carbocycles. The second-order valence-electron chi connectivity index (χ2n) is 1.86. The fraction of sp³-hybridized carbons (Fsp3) is 0.714. The summed E-state index contributed by atoms with van der Waals surface area (Å²) in [6.07, 6.45) is 7.02. The molecule has 0 aliphatic carbocycles. The molecule has 0 aliphatic rings. The number of rotatable bonds is 4. The van der Waals surface area contributed by atoms with Crippen molar-refractivity contribution in [1.82, 2.24) is 0 Å². The Kier molecular flexibility index (Phi) is 7.06. The van der Waals surface area contributed by atoms with E-state index < -0.39 is 0 Å². The number of hydrogen-bond acceptors (Lipinski definition) is 0. The summed E-state index contributed by atoms with van der Waals surface area (Å²) in [6.45, 7) is 2.20. The van der Waals surface area contributed by atoms with Gasteiger partial charge in [-0.3, -0.25) is 0 Å². The molecular weight excluding hydrogens is 120 g/mol. The molecule has 0 N–H and O–H groups in total. The van der Waals surface area contributed by atoms with Gasteiger partial charge in [0.2, 0.25) is 0 Å². The number of unbranched alkanes of at least 4 members (excludes halogenated alkanes) is 3. The minimum Gasteiger partial charge on any atom is -0.0933 e.